The number of carbonyl (C=O) groups excluding carboxylic acids is 1. The van der Waals surface area contributed by atoms with Gasteiger partial charge < -0.3 is 14.6 Å². The molecule has 2 heterocycles. The Bertz CT molecular complexity index is 858. The second kappa shape index (κ2) is 7.53. The van der Waals surface area contributed by atoms with E-state index in [1.807, 2.05) is 18.2 Å². The van der Waals surface area contributed by atoms with Gasteiger partial charge in [-0.1, -0.05) is 37.8 Å². The largest absolute Gasteiger partial charge is 0.465 e. The second-order valence-corrected chi connectivity index (χ2v) is 6.33. The van der Waals surface area contributed by atoms with E-state index >= 15 is 0 Å². The topological polar surface area (TPSA) is 46.5 Å². The Kier molecular flexibility index (Phi) is 5.19. The zero-order valence-corrected chi connectivity index (χ0v) is 14.9. The molecular formula is C21H25N2O2+. The average molecular weight is 337 g/mol. The molecule has 2 N–H and O–H groups in total. The summed E-state index contributed by atoms with van der Waals surface area (Å²) in [5.74, 6) is -0.394. The molecule has 4 heteroatoms. The van der Waals surface area contributed by atoms with E-state index in [-0.39, 0.29) is 0 Å². The van der Waals surface area contributed by atoms with Crippen LogP contribution in [0.4, 0.5) is 0 Å². The molecule has 1 aromatic heterocycles. The van der Waals surface area contributed by atoms with Crippen LogP contribution in [0.5, 0.6) is 0 Å². The molecule has 2 aromatic rings. The van der Waals surface area contributed by atoms with Crippen molar-refractivity contribution in [2.75, 3.05) is 20.2 Å². The molecule has 4 nitrogen and oxygen atoms in total. The highest BCUT2D eigenvalue weighted by Gasteiger charge is 2.20. The van der Waals surface area contributed by atoms with Gasteiger partial charge in [-0.3, -0.25) is 0 Å². The highest BCUT2D eigenvalue weighted by molar-refractivity contribution is 6.16. The number of aromatic amines is 1. The van der Waals surface area contributed by atoms with Crippen LogP contribution in [-0.2, 0) is 16.0 Å². The summed E-state index contributed by atoms with van der Waals surface area (Å²) in [7, 11) is 1.39. The Morgan fingerprint density at radius 2 is 2.16 bits per heavy atom. The van der Waals surface area contributed by atoms with Gasteiger partial charge in [-0.2, -0.15) is 0 Å². The quantitative estimate of drug-likeness (QED) is 0.629. The molecule has 0 radical (unpaired) electrons. The molecule has 1 aliphatic rings. The van der Waals surface area contributed by atoms with E-state index < -0.39 is 5.97 Å². The van der Waals surface area contributed by atoms with Crippen LogP contribution in [0.1, 0.15) is 24.6 Å². The number of H-pyrrole nitrogens is 1. The number of hydrogen-bond donors (Lipinski definition) is 2. The van der Waals surface area contributed by atoms with Crippen molar-refractivity contribution in [2.45, 2.75) is 19.8 Å². The fourth-order valence-corrected chi connectivity index (χ4v) is 3.35. The molecule has 0 fully saturated rings. The van der Waals surface area contributed by atoms with Gasteiger partial charge in [-0.15, -0.1) is 0 Å². The Balaban J connectivity index is 1.89. The number of carbonyl (C=O) groups is 1. The maximum absolute atomic E-state index is 12.0. The molecule has 0 aliphatic carbocycles. The highest BCUT2D eigenvalue weighted by Crippen LogP contribution is 2.27. The highest BCUT2D eigenvalue weighted by atomic mass is 16.5. The van der Waals surface area contributed by atoms with Gasteiger partial charge >= 0.3 is 5.97 Å². The Labute approximate surface area is 148 Å². The minimum atomic E-state index is -0.394. The molecule has 0 saturated carbocycles. The summed E-state index contributed by atoms with van der Waals surface area (Å²) in [5.41, 5.74) is 4.71. The molecule has 1 aliphatic heterocycles. The van der Waals surface area contributed by atoms with Crippen LogP contribution >= 0.6 is 0 Å². The van der Waals surface area contributed by atoms with Crippen molar-refractivity contribution in [2.24, 2.45) is 0 Å². The van der Waals surface area contributed by atoms with Crippen molar-refractivity contribution in [3.05, 3.63) is 66.0 Å². The van der Waals surface area contributed by atoms with E-state index in [4.69, 9.17) is 4.74 Å². The van der Waals surface area contributed by atoms with Crippen molar-refractivity contribution in [3.63, 3.8) is 0 Å². The van der Waals surface area contributed by atoms with Crippen molar-refractivity contribution in [1.82, 2.24) is 4.98 Å². The van der Waals surface area contributed by atoms with Crippen molar-refractivity contribution < 1.29 is 14.4 Å². The van der Waals surface area contributed by atoms with E-state index in [0.717, 1.165) is 48.1 Å². The number of allylic oxidation sites excluding steroid dienone is 2. The minimum absolute atomic E-state index is 0.382. The lowest BCUT2D eigenvalue weighted by Crippen LogP contribution is -3.08. The van der Waals surface area contributed by atoms with Crippen molar-refractivity contribution in [1.29, 1.82) is 0 Å². The summed E-state index contributed by atoms with van der Waals surface area (Å²) in [4.78, 5) is 16.7. The standard InChI is InChI=1S/C21H24N2O2/c1-4-16-8-7-12-23(14-16)13-11-18-17-9-5-6-10-19(17)22-20(18)15(2)21(24)25-3/h5-10,14,22H,2,4,11-13H2,1,3H3/p+1. The maximum atomic E-state index is 12.0. The van der Waals surface area contributed by atoms with Crippen LogP contribution in [-0.4, -0.2) is 31.2 Å². The van der Waals surface area contributed by atoms with Gasteiger partial charge in [0.15, 0.2) is 0 Å². The first-order chi connectivity index (χ1) is 12.1. The van der Waals surface area contributed by atoms with Gasteiger partial charge in [0.25, 0.3) is 0 Å². The van der Waals surface area contributed by atoms with Crippen molar-refractivity contribution in [3.8, 4) is 0 Å². The minimum Gasteiger partial charge on any atom is -0.465 e. The molecular weight excluding hydrogens is 312 g/mol. The fourth-order valence-electron chi connectivity index (χ4n) is 3.35. The Hall–Kier alpha value is -2.59. The molecule has 1 atom stereocenters. The first-order valence-electron chi connectivity index (χ1n) is 8.73. The van der Waals surface area contributed by atoms with E-state index in [0.29, 0.717) is 5.57 Å². The number of methoxy groups -OCH3 is 1. The van der Waals surface area contributed by atoms with Crippen LogP contribution in [0.25, 0.3) is 16.5 Å². The van der Waals surface area contributed by atoms with Gasteiger partial charge in [0, 0.05) is 22.9 Å². The summed E-state index contributed by atoms with van der Waals surface area (Å²) in [5, 5.41) is 1.15. The van der Waals surface area contributed by atoms with Crippen molar-refractivity contribution >= 4 is 22.4 Å². The number of aromatic nitrogens is 1. The molecule has 1 aromatic carbocycles. The fraction of sp³-hybridized carbons (Fsp3) is 0.286. The number of ether oxygens (including phenoxy) is 1. The third kappa shape index (κ3) is 3.59. The van der Waals surface area contributed by atoms with Gasteiger partial charge in [0.2, 0.25) is 0 Å². The van der Waals surface area contributed by atoms with Crippen LogP contribution in [0.2, 0.25) is 0 Å². The molecule has 130 valence electrons. The smallest absolute Gasteiger partial charge is 0.339 e. The molecule has 0 amide bonds. The van der Waals surface area contributed by atoms with Gasteiger partial charge in [0.05, 0.1) is 31.1 Å². The zero-order valence-electron chi connectivity index (χ0n) is 14.9. The number of fused-ring (bicyclic) bond motifs is 1. The molecule has 25 heavy (non-hydrogen) atoms. The summed E-state index contributed by atoms with van der Waals surface area (Å²) in [6.45, 7) is 8.08. The molecule has 0 bridgehead atoms. The lowest BCUT2D eigenvalue weighted by Gasteiger charge is -2.17. The molecule has 0 spiro atoms. The Morgan fingerprint density at radius 1 is 1.36 bits per heavy atom. The number of rotatable bonds is 6. The molecule has 1 unspecified atom stereocenters. The summed E-state index contributed by atoms with van der Waals surface area (Å²) in [6.07, 6.45) is 8.67. The summed E-state index contributed by atoms with van der Waals surface area (Å²) in [6, 6.07) is 8.13. The molecule has 3 rings (SSSR count). The summed E-state index contributed by atoms with van der Waals surface area (Å²) < 4.78 is 4.86. The third-order valence-corrected chi connectivity index (χ3v) is 4.75. The predicted molar refractivity (Wildman–Crippen MR) is 101 cm³/mol. The number of esters is 1. The van der Waals surface area contributed by atoms with E-state index in [2.05, 4.69) is 42.9 Å². The lowest BCUT2D eigenvalue weighted by molar-refractivity contribution is -0.841. The Morgan fingerprint density at radius 3 is 2.92 bits per heavy atom. The number of quaternary nitrogens is 1. The monoisotopic (exact) mass is 337 g/mol. The third-order valence-electron chi connectivity index (χ3n) is 4.75. The second-order valence-electron chi connectivity index (χ2n) is 6.33. The van der Waals surface area contributed by atoms with Gasteiger partial charge in [0.1, 0.15) is 6.54 Å². The number of para-hydroxylation sites is 1. The molecule has 0 saturated heterocycles. The van der Waals surface area contributed by atoms with Crippen LogP contribution in [0, 0.1) is 0 Å². The van der Waals surface area contributed by atoms with E-state index in [9.17, 15) is 4.79 Å². The van der Waals surface area contributed by atoms with Crippen LogP contribution in [0.15, 0.2) is 54.8 Å². The van der Waals surface area contributed by atoms with Gasteiger partial charge in [-0.05, 0) is 24.1 Å². The van der Waals surface area contributed by atoms with Gasteiger partial charge in [-0.25, -0.2) is 4.79 Å². The number of benzene rings is 1. The number of nitrogens with one attached hydrogen (secondary N) is 2. The number of hydrogen-bond acceptors (Lipinski definition) is 2. The first kappa shape index (κ1) is 17.2. The SMILES string of the molecule is C=C(C(=O)OC)c1[nH]c2ccccc2c1CC[NH+]1C=C(CC)C=CC1. The summed E-state index contributed by atoms with van der Waals surface area (Å²) >= 11 is 0. The predicted octanol–water partition coefficient (Wildman–Crippen LogP) is 2.65. The zero-order chi connectivity index (χ0) is 17.8. The average Bonchev–Trinajstić information content (AvgIpc) is 3.03. The van der Waals surface area contributed by atoms with E-state index in [1.165, 1.54) is 17.6 Å². The van der Waals surface area contributed by atoms with E-state index in [1.54, 1.807) is 0 Å². The van der Waals surface area contributed by atoms with Crippen LogP contribution < -0.4 is 4.90 Å². The lowest BCUT2D eigenvalue weighted by atomic mass is 10.0. The normalized spacial score (nSPS) is 16.7. The van der Waals surface area contributed by atoms with Crippen LogP contribution in [0.3, 0.4) is 0 Å². The maximum Gasteiger partial charge on any atom is 0.339 e. The first-order valence-corrected chi connectivity index (χ1v) is 8.73.